The molecule has 0 aromatic heterocycles. The van der Waals surface area contributed by atoms with Crippen LogP contribution in [0.4, 0.5) is 26.3 Å². The van der Waals surface area contributed by atoms with E-state index < -0.39 is 35.4 Å². The number of ether oxygens (including phenoxy) is 1. The Labute approximate surface area is 229 Å². The van der Waals surface area contributed by atoms with Crippen LogP contribution in [0.2, 0.25) is 0 Å². The third kappa shape index (κ3) is 7.17. The monoisotopic (exact) mass is 576 g/mol. The molecule has 0 saturated carbocycles. The Morgan fingerprint density at radius 1 is 0.925 bits per heavy atom. The second-order valence-corrected chi connectivity index (χ2v) is 9.83. The van der Waals surface area contributed by atoms with Crippen LogP contribution in [0, 0.1) is 13.8 Å². The molecule has 0 heterocycles. The highest BCUT2D eigenvalue weighted by molar-refractivity contribution is 5.66. The molecule has 2 aromatic rings. The summed E-state index contributed by atoms with van der Waals surface area (Å²) in [5, 5.41) is 28.1. The average molecular weight is 577 g/mol. The molecule has 3 N–H and O–H groups in total. The number of hydrogen-bond donors (Lipinski definition) is 3. The van der Waals surface area contributed by atoms with Crippen LogP contribution in [0.25, 0.3) is 6.08 Å². The molecule has 0 fully saturated rings. The minimum atomic E-state index is -5.94. The number of carbonyl (C=O) groups is 1. The van der Waals surface area contributed by atoms with E-state index in [4.69, 9.17) is 9.84 Å². The molecule has 2 rings (SSSR count). The summed E-state index contributed by atoms with van der Waals surface area (Å²) in [6.07, 6.45) is -11.3. The van der Waals surface area contributed by atoms with Gasteiger partial charge in [0, 0.05) is 11.8 Å². The van der Waals surface area contributed by atoms with Gasteiger partial charge in [0.1, 0.15) is 12.4 Å². The summed E-state index contributed by atoms with van der Waals surface area (Å²) in [4.78, 5) is 10.7. The SMILES string of the molecule is CCC(CC)(c1ccc(/C=C/C(O)(C(F)(F)F)C(F)(F)F)c(C)c1)c1ccc(OC[C@@H](O)CCC(=O)O)c(C)c1. The van der Waals surface area contributed by atoms with Crippen LogP contribution in [0.15, 0.2) is 42.5 Å². The third-order valence-corrected chi connectivity index (χ3v) is 7.25. The molecule has 11 heteroatoms. The number of benzene rings is 2. The molecule has 2 aromatic carbocycles. The molecular weight excluding hydrogens is 542 g/mol. The molecule has 0 aliphatic rings. The van der Waals surface area contributed by atoms with Gasteiger partial charge in [-0.05, 0) is 73.1 Å². The van der Waals surface area contributed by atoms with Crippen LogP contribution >= 0.6 is 0 Å². The fourth-order valence-corrected chi connectivity index (χ4v) is 4.62. The molecule has 0 bridgehead atoms. The fourth-order valence-electron chi connectivity index (χ4n) is 4.62. The summed E-state index contributed by atoms with van der Waals surface area (Å²) in [6, 6.07) is 10.3. The van der Waals surface area contributed by atoms with E-state index in [0.717, 1.165) is 16.7 Å². The number of alkyl halides is 6. The van der Waals surface area contributed by atoms with Crippen molar-refractivity contribution in [3.63, 3.8) is 0 Å². The second-order valence-electron chi connectivity index (χ2n) is 9.83. The van der Waals surface area contributed by atoms with Crippen molar-refractivity contribution in [1.82, 2.24) is 0 Å². The highest BCUT2D eigenvalue weighted by Gasteiger charge is 2.68. The van der Waals surface area contributed by atoms with E-state index in [2.05, 4.69) is 0 Å². The predicted molar refractivity (Wildman–Crippen MR) is 138 cm³/mol. The Kier molecular flexibility index (Phi) is 10.5. The second kappa shape index (κ2) is 12.6. The standard InChI is InChI=1S/C29H34F6O5/c1-5-26(6-2,22-9-11-24(19(4)16-22)40-17-23(36)10-12-25(37)38)21-8-7-20(18(3)15-21)13-14-27(39,28(30,31)32)29(33,34)35/h7-9,11,13-16,23,36,39H,5-6,10,12,17H2,1-4H3,(H,37,38)/b14-13+/t23-/m0/s1. The lowest BCUT2D eigenvalue weighted by Gasteiger charge is -2.34. The van der Waals surface area contributed by atoms with Crippen molar-refractivity contribution < 1.29 is 51.2 Å². The molecular formula is C29H34F6O5. The molecule has 1 atom stereocenters. The van der Waals surface area contributed by atoms with E-state index in [1.54, 1.807) is 25.1 Å². The van der Waals surface area contributed by atoms with Crippen LogP contribution < -0.4 is 4.74 Å². The lowest BCUT2D eigenvalue weighted by atomic mass is 9.70. The molecule has 5 nitrogen and oxygen atoms in total. The summed E-state index contributed by atoms with van der Waals surface area (Å²) in [5.74, 6) is -0.504. The van der Waals surface area contributed by atoms with Gasteiger partial charge >= 0.3 is 18.3 Å². The van der Waals surface area contributed by atoms with Gasteiger partial charge in [0.15, 0.2) is 0 Å². The lowest BCUT2D eigenvalue weighted by Crippen LogP contribution is -2.55. The smallest absolute Gasteiger partial charge is 0.430 e. The average Bonchev–Trinajstić information content (AvgIpc) is 2.86. The van der Waals surface area contributed by atoms with Crippen LogP contribution in [0.1, 0.15) is 67.3 Å². The van der Waals surface area contributed by atoms with Gasteiger partial charge in [-0.3, -0.25) is 4.79 Å². The zero-order chi connectivity index (χ0) is 30.5. The molecule has 0 unspecified atom stereocenters. The minimum Gasteiger partial charge on any atom is -0.491 e. The fraction of sp³-hybridized carbons (Fsp3) is 0.483. The number of aliphatic hydroxyl groups is 2. The van der Waals surface area contributed by atoms with Crippen LogP contribution in [-0.4, -0.2) is 52.0 Å². The largest absolute Gasteiger partial charge is 0.491 e. The quantitative estimate of drug-likeness (QED) is 0.240. The number of aryl methyl sites for hydroxylation is 2. The predicted octanol–water partition coefficient (Wildman–Crippen LogP) is 6.88. The first kappa shape index (κ1) is 33.2. The van der Waals surface area contributed by atoms with Crippen molar-refractivity contribution in [2.75, 3.05) is 6.61 Å². The Bertz CT molecular complexity index is 1180. The Morgan fingerprint density at radius 3 is 1.90 bits per heavy atom. The van der Waals surface area contributed by atoms with Gasteiger partial charge in [0.2, 0.25) is 0 Å². The Morgan fingerprint density at radius 2 is 1.45 bits per heavy atom. The topological polar surface area (TPSA) is 87.0 Å². The summed E-state index contributed by atoms with van der Waals surface area (Å²) >= 11 is 0. The number of halogens is 6. The van der Waals surface area contributed by atoms with Crippen LogP contribution in [0.5, 0.6) is 5.75 Å². The highest BCUT2D eigenvalue weighted by atomic mass is 19.4. The third-order valence-electron chi connectivity index (χ3n) is 7.25. The van der Waals surface area contributed by atoms with E-state index in [1.165, 1.54) is 6.07 Å². The van der Waals surface area contributed by atoms with Crippen molar-refractivity contribution in [2.24, 2.45) is 0 Å². The molecule has 0 spiro atoms. The molecule has 0 saturated heterocycles. The van der Waals surface area contributed by atoms with Crippen LogP contribution in [-0.2, 0) is 10.2 Å². The number of rotatable bonds is 12. The maximum atomic E-state index is 13.1. The minimum absolute atomic E-state index is 0.0531. The van der Waals surface area contributed by atoms with E-state index in [1.807, 2.05) is 32.9 Å². The van der Waals surface area contributed by atoms with E-state index >= 15 is 0 Å². The van der Waals surface area contributed by atoms with Gasteiger partial charge in [0.05, 0.1) is 6.10 Å². The maximum absolute atomic E-state index is 13.1. The number of carboxylic acid groups (broad SMARTS) is 1. The Balaban J connectivity index is 2.38. The summed E-state index contributed by atoms with van der Waals surface area (Å²) in [5.41, 5.74) is -2.49. The zero-order valence-electron chi connectivity index (χ0n) is 22.7. The van der Waals surface area contributed by atoms with Crippen molar-refractivity contribution in [3.05, 3.63) is 70.3 Å². The van der Waals surface area contributed by atoms with Crippen molar-refractivity contribution in [3.8, 4) is 5.75 Å². The van der Waals surface area contributed by atoms with Gasteiger partial charge in [-0.25, -0.2) is 0 Å². The van der Waals surface area contributed by atoms with Gasteiger partial charge < -0.3 is 20.1 Å². The van der Waals surface area contributed by atoms with Crippen molar-refractivity contribution >= 4 is 12.0 Å². The van der Waals surface area contributed by atoms with Crippen molar-refractivity contribution in [1.29, 1.82) is 0 Å². The molecule has 222 valence electrons. The summed E-state index contributed by atoms with van der Waals surface area (Å²) in [7, 11) is 0. The molecule has 0 amide bonds. The van der Waals surface area contributed by atoms with E-state index in [9.17, 15) is 41.4 Å². The first-order chi connectivity index (χ1) is 18.4. The van der Waals surface area contributed by atoms with Gasteiger partial charge in [-0.1, -0.05) is 50.3 Å². The zero-order valence-corrected chi connectivity index (χ0v) is 22.7. The molecule has 40 heavy (non-hydrogen) atoms. The molecule has 0 aliphatic carbocycles. The number of aliphatic hydroxyl groups excluding tert-OH is 1. The van der Waals surface area contributed by atoms with E-state index in [-0.39, 0.29) is 31.1 Å². The number of hydrogen-bond acceptors (Lipinski definition) is 4. The Hall–Kier alpha value is -3.05. The normalized spacial score (nSPS) is 14.0. The van der Waals surface area contributed by atoms with Gasteiger partial charge in [0.25, 0.3) is 5.60 Å². The highest BCUT2D eigenvalue weighted by Crippen LogP contribution is 2.45. The van der Waals surface area contributed by atoms with Gasteiger partial charge in [-0.15, -0.1) is 0 Å². The summed E-state index contributed by atoms with van der Waals surface area (Å²) < 4.78 is 84.0. The van der Waals surface area contributed by atoms with Crippen LogP contribution in [0.3, 0.4) is 0 Å². The summed E-state index contributed by atoms with van der Waals surface area (Å²) in [6.45, 7) is 7.25. The first-order valence-corrected chi connectivity index (χ1v) is 12.7. The molecule has 0 aliphatic heterocycles. The maximum Gasteiger partial charge on any atom is 0.430 e. The van der Waals surface area contributed by atoms with Gasteiger partial charge in [-0.2, -0.15) is 26.3 Å². The van der Waals surface area contributed by atoms with Crippen molar-refractivity contribution in [2.45, 2.75) is 82.9 Å². The lowest BCUT2D eigenvalue weighted by molar-refractivity contribution is -0.347. The van der Waals surface area contributed by atoms with E-state index in [0.29, 0.717) is 30.2 Å². The molecule has 0 radical (unpaired) electrons. The first-order valence-electron chi connectivity index (χ1n) is 12.7. The number of aliphatic carboxylic acids is 1. The number of carboxylic acids is 1.